The lowest BCUT2D eigenvalue weighted by Crippen LogP contribution is -2.29. The van der Waals surface area contributed by atoms with Crippen LogP contribution in [0.1, 0.15) is 5.56 Å². The van der Waals surface area contributed by atoms with Crippen LogP contribution in [-0.2, 0) is 26.5 Å². The zero-order chi connectivity index (χ0) is 17.7. The number of rotatable bonds is 3. The Bertz CT molecular complexity index is 1040. The molecule has 1 aliphatic rings. The molecule has 0 atom stereocenters. The molecule has 0 spiro atoms. The van der Waals surface area contributed by atoms with Gasteiger partial charge in [-0.25, -0.2) is 22.0 Å². The summed E-state index contributed by atoms with van der Waals surface area (Å²) >= 11 is 6.54. The minimum absolute atomic E-state index is 0.0239. The monoisotopic (exact) mass is 494 g/mol. The van der Waals surface area contributed by atoms with Gasteiger partial charge in [-0.05, 0) is 64.3 Å². The second kappa shape index (κ2) is 6.10. The molecule has 2 N–H and O–H groups in total. The first-order valence-electron chi connectivity index (χ1n) is 6.74. The second-order valence-corrected chi connectivity index (χ2v) is 10.4. The van der Waals surface area contributed by atoms with E-state index in [2.05, 4.69) is 31.9 Å². The van der Waals surface area contributed by atoms with E-state index in [-0.39, 0.29) is 16.3 Å². The number of hydrogen-bond donors (Lipinski definition) is 1. The van der Waals surface area contributed by atoms with Gasteiger partial charge in [0.1, 0.15) is 4.90 Å². The van der Waals surface area contributed by atoms with Gasteiger partial charge in [0.05, 0.1) is 10.6 Å². The summed E-state index contributed by atoms with van der Waals surface area (Å²) < 4.78 is 51.3. The van der Waals surface area contributed by atoms with Crippen molar-refractivity contribution in [3.05, 3.63) is 50.9 Å². The smallest absolute Gasteiger partial charge is 0.265 e. The van der Waals surface area contributed by atoms with Gasteiger partial charge < -0.3 is 0 Å². The third-order valence-corrected chi connectivity index (χ3v) is 7.91. The zero-order valence-corrected chi connectivity index (χ0v) is 16.9. The Morgan fingerprint density at radius 3 is 2.38 bits per heavy atom. The lowest BCUT2D eigenvalue weighted by molar-refractivity contribution is 0.591. The number of hydrogen-bond acceptors (Lipinski definition) is 4. The molecule has 24 heavy (non-hydrogen) atoms. The molecule has 10 heteroatoms. The van der Waals surface area contributed by atoms with Crippen LogP contribution in [0.5, 0.6) is 0 Å². The molecule has 0 aromatic heterocycles. The molecule has 2 aromatic carbocycles. The molecule has 0 bridgehead atoms. The van der Waals surface area contributed by atoms with Gasteiger partial charge in [0.15, 0.2) is 0 Å². The van der Waals surface area contributed by atoms with Crippen molar-refractivity contribution >= 4 is 57.6 Å². The molecule has 6 nitrogen and oxygen atoms in total. The number of benzene rings is 2. The van der Waals surface area contributed by atoms with E-state index in [1.54, 1.807) is 12.1 Å². The van der Waals surface area contributed by atoms with Crippen molar-refractivity contribution in [2.45, 2.75) is 16.2 Å². The van der Waals surface area contributed by atoms with Crippen LogP contribution in [0, 0.1) is 0 Å². The fraction of sp³-hybridized carbons (Fsp3) is 0.143. The van der Waals surface area contributed by atoms with E-state index in [9.17, 15) is 16.8 Å². The highest BCUT2D eigenvalue weighted by molar-refractivity contribution is 9.11. The molecule has 0 saturated carbocycles. The molecule has 0 saturated heterocycles. The van der Waals surface area contributed by atoms with Crippen LogP contribution in [0.25, 0.3) is 0 Å². The third kappa shape index (κ3) is 3.13. The Morgan fingerprint density at radius 1 is 1.00 bits per heavy atom. The van der Waals surface area contributed by atoms with Crippen molar-refractivity contribution in [3.8, 4) is 0 Å². The first-order chi connectivity index (χ1) is 11.1. The molecule has 3 rings (SSSR count). The minimum atomic E-state index is -3.82. The lowest BCUT2D eigenvalue weighted by Gasteiger charge is -2.20. The summed E-state index contributed by atoms with van der Waals surface area (Å²) in [5.74, 6) is 0. The van der Waals surface area contributed by atoms with E-state index < -0.39 is 20.0 Å². The molecule has 1 aliphatic heterocycles. The number of nitrogens with zero attached hydrogens (tertiary/aromatic N) is 1. The van der Waals surface area contributed by atoms with Crippen LogP contribution in [0.4, 0.5) is 5.69 Å². The van der Waals surface area contributed by atoms with E-state index in [4.69, 9.17) is 5.14 Å². The maximum atomic E-state index is 13.0. The van der Waals surface area contributed by atoms with Gasteiger partial charge in [-0.2, -0.15) is 0 Å². The van der Waals surface area contributed by atoms with Gasteiger partial charge in [0.2, 0.25) is 10.0 Å². The number of sulfonamides is 2. The molecule has 0 aliphatic carbocycles. The standard InChI is InChI=1S/C14H12Br2N2O4S2/c15-10-1-3-12(16)14(8-10)24(21,22)18-6-5-9-7-11(23(17,19)20)2-4-13(9)18/h1-4,7-8H,5-6H2,(H2,17,19,20). The van der Waals surface area contributed by atoms with Gasteiger partial charge in [0, 0.05) is 15.5 Å². The maximum absolute atomic E-state index is 13.0. The van der Waals surface area contributed by atoms with E-state index in [1.165, 1.54) is 28.6 Å². The Hall–Kier alpha value is -0.940. The highest BCUT2D eigenvalue weighted by atomic mass is 79.9. The van der Waals surface area contributed by atoms with Gasteiger partial charge >= 0.3 is 0 Å². The predicted molar refractivity (Wildman–Crippen MR) is 97.9 cm³/mol. The molecular formula is C14H12Br2N2O4S2. The molecule has 0 fully saturated rings. The topological polar surface area (TPSA) is 97.5 Å². The quantitative estimate of drug-likeness (QED) is 0.707. The average Bonchev–Trinajstić information content (AvgIpc) is 2.92. The number of primary sulfonamides is 1. The van der Waals surface area contributed by atoms with Crippen molar-refractivity contribution in [2.24, 2.45) is 5.14 Å². The minimum Gasteiger partial charge on any atom is -0.266 e. The van der Waals surface area contributed by atoms with Crippen LogP contribution in [0.3, 0.4) is 0 Å². The van der Waals surface area contributed by atoms with Crippen LogP contribution < -0.4 is 9.44 Å². The van der Waals surface area contributed by atoms with Crippen LogP contribution in [0.2, 0.25) is 0 Å². The number of fused-ring (bicyclic) bond motifs is 1. The molecule has 0 amide bonds. The average molecular weight is 496 g/mol. The van der Waals surface area contributed by atoms with Crippen LogP contribution in [-0.4, -0.2) is 23.4 Å². The first-order valence-corrected chi connectivity index (χ1v) is 11.3. The molecule has 128 valence electrons. The number of nitrogens with two attached hydrogens (primary N) is 1. The number of halogens is 2. The maximum Gasteiger partial charge on any atom is 0.265 e. The largest absolute Gasteiger partial charge is 0.266 e. The Balaban J connectivity index is 2.09. The summed E-state index contributed by atoms with van der Waals surface area (Å²) in [6.07, 6.45) is 0.420. The zero-order valence-electron chi connectivity index (χ0n) is 12.1. The first kappa shape index (κ1) is 17.9. The summed E-state index contributed by atoms with van der Waals surface area (Å²) in [4.78, 5) is 0.115. The van der Waals surface area contributed by atoms with Crippen LogP contribution in [0.15, 0.2) is 55.1 Å². The third-order valence-electron chi connectivity index (χ3n) is 3.69. The summed E-state index contributed by atoms with van der Waals surface area (Å²) in [6, 6.07) is 9.13. The highest BCUT2D eigenvalue weighted by Crippen LogP contribution is 2.36. The molecule has 0 radical (unpaired) electrons. The molecule has 0 unspecified atom stereocenters. The van der Waals surface area contributed by atoms with Crippen molar-refractivity contribution < 1.29 is 16.8 Å². The van der Waals surface area contributed by atoms with E-state index in [1.807, 2.05) is 0 Å². The van der Waals surface area contributed by atoms with Gasteiger partial charge in [-0.1, -0.05) is 15.9 Å². The Labute approximate surface area is 157 Å². The van der Waals surface area contributed by atoms with E-state index >= 15 is 0 Å². The van der Waals surface area contributed by atoms with Crippen molar-refractivity contribution in [1.29, 1.82) is 0 Å². The normalized spacial score (nSPS) is 14.7. The Morgan fingerprint density at radius 2 is 1.71 bits per heavy atom. The van der Waals surface area contributed by atoms with Crippen LogP contribution >= 0.6 is 31.9 Å². The molecule has 2 aromatic rings. The summed E-state index contributed by atoms with van der Waals surface area (Å²) in [5.41, 5.74) is 1.10. The van der Waals surface area contributed by atoms with E-state index in [0.29, 0.717) is 26.6 Å². The van der Waals surface area contributed by atoms with Gasteiger partial charge in [0.25, 0.3) is 10.0 Å². The summed E-state index contributed by atoms with van der Waals surface area (Å²) in [5, 5.41) is 5.13. The van der Waals surface area contributed by atoms with Gasteiger partial charge in [-0.15, -0.1) is 0 Å². The number of anilines is 1. The fourth-order valence-corrected chi connectivity index (χ4v) is 6.10. The Kier molecular flexibility index (Phi) is 4.54. The summed E-state index contributed by atoms with van der Waals surface area (Å²) in [6.45, 7) is 0.241. The molecular weight excluding hydrogens is 484 g/mol. The van der Waals surface area contributed by atoms with Crippen molar-refractivity contribution in [2.75, 3.05) is 10.8 Å². The highest BCUT2D eigenvalue weighted by Gasteiger charge is 2.32. The van der Waals surface area contributed by atoms with Crippen molar-refractivity contribution in [1.82, 2.24) is 0 Å². The lowest BCUT2D eigenvalue weighted by atomic mass is 10.2. The van der Waals surface area contributed by atoms with Crippen molar-refractivity contribution in [3.63, 3.8) is 0 Å². The fourth-order valence-electron chi connectivity index (χ4n) is 2.57. The molecule has 1 heterocycles. The SMILES string of the molecule is NS(=O)(=O)c1ccc2c(c1)CCN2S(=O)(=O)c1cc(Br)ccc1Br. The second-order valence-electron chi connectivity index (χ2n) is 5.24. The van der Waals surface area contributed by atoms with Gasteiger partial charge in [-0.3, -0.25) is 4.31 Å². The van der Waals surface area contributed by atoms with E-state index in [0.717, 1.165) is 0 Å². The summed E-state index contributed by atoms with van der Waals surface area (Å²) in [7, 11) is -7.60. The predicted octanol–water partition coefficient (Wildman–Crippen LogP) is 2.61.